The van der Waals surface area contributed by atoms with Gasteiger partial charge in [-0.3, -0.25) is 4.79 Å². The summed E-state index contributed by atoms with van der Waals surface area (Å²) in [5.41, 5.74) is 0. The maximum absolute atomic E-state index is 10.5. The molecule has 6 atom stereocenters. The van der Waals surface area contributed by atoms with Crippen molar-refractivity contribution in [3.05, 3.63) is 12.2 Å². The molecule has 5 nitrogen and oxygen atoms in total. The van der Waals surface area contributed by atoms with E-state index < -0.39 is 5.97 Å². The summed E-state index contributed by atoms with van der Waals surface area (Å²) in [5, 5.41) is 8.62. The molecule has 3 aliphatic heterocycles. The first-order chi connectivity index (χ1) is 10.7. The SMILES string of the molecule is CCCOC[C@@H]1[C@H](CC=CCCCC(=O)O)[C@H]2O[C@@H]1[C@H]1O[C@H]12. The van der Waals surface area contributed by atoms with Crippen LogP contribution in [0.3, 0.4) is 0 Å². The minimum atomic E-state index is -0.722. The van der Waals surface area contributed by atoms with Crippen LogP contribution in [0.5, 0.6) is 0 Å². The Labute approximate surface area is 131 Å². The zero-order chi connectivity index (χ0) is 15.5. The van der Waals surface area contributed by atoms with E-state index in [4.69, 9.17) is 19.3 Å². The predicted molar refractivity (Wildman–Crippen MR) is 80.7 cm³/mol. The van der Waals surface area contributed by atoms with Crippen LogP contribution in [-0.2, 0) is 19.0 Å². The quantitative estimate of drug-likeness (QED) is 0.381. The number of carbonyl (C=O) groups is 1. The highest BCUT2D eigenvalue weighted by molar-refractivity contribution is 5.66. The summed E-state index contributed by atoms with van der Waals surface area (Å²) in [6.07, 6.45) is 9.15. The number of hydrogen-bond acceptors (Lipinski definition) is 4. The van der Waals surface area contributed by atoms with Crippen LogP contribution in [0.4, 0.5) is 0 Å². The van der Waals surface area contributed by atoms with Gasteiger partial charge in [0.1, 0.15) is 12.2 Å². The lowest BCUT2D eigenvalue weighted by atomic mass is 9.78. The van der Waals surface area contributed by atoms with E-state index in [2.05, 4.69) is 19.1 Å². The molecule has 3 saturated heterocycles. The number of carboxylic acids is 1. The molecule has 0 amide bonds. The van der Waals surface area contributed by atoms with Gasteiger partial charge in [-0.1, -0.05) is 19.1 Å². The Hall–Kier alpha value is -0.910. The number of hydrogen-bond donors (Lipinski definition) is 1. The summed E-state index contributed by atoms with van der Waals surface area (Å²) in [7, 11) is 0. The molecule has 0 aromatic carbocycles. The number of ether oxygens (including phenoxy) is 3. The minimum absolute atomic E-state index is 0.220. The first-order valence-electron chi connectivity index (χ1n) is 8.47. The van der Waals surface area contributed by atoms with Crippen LogP contribution in [0.25, 0.3) is 0 Å². The van der Waals surface area contributed by atoms with Crippen molar-refractivity contribution < 1.29 is 24.1 Å². The fourth-order valence-corrected chi connectivity index (χ4v) is 3.81. The van der Waals surface area contributed by atoms with Gasteiger partial charge in [-0.15, -0.1) is 0 Å². The van der Waals surface area contributed by atoms with Crippen molar-refractivity contribution in [1.29, 1.82) is 0 Å². The number of carboxylic acid groups (broad SMARTS) is 1. The third-order valence-electron chi connectivity index (χ3n) is 4.91. The molecule has 3 fully saturated rings. The zero-order valence-electron chi connectivity index (χ0n) is 13.1. The molecule has 0 spiro atoms. The molecule has 1 N–H and O–H groups in total. The molecule has 0 aromatic heterocycles. The van der Waals surface area contributed by atoms with Gasteiger partial charge in [-0.2, -0.15) is 0 Å². The average molecular weight is 310 g/mol. The lowest BCUT2D eigenvalue weighted by molar-refractivity contribution is -0.137. The number of allylic oxidation sites excluding steroid dienone is 2. The van der Waals surface area contributed by atoms with E-state index in [1.54, 1.807) is 0 Å². The van der Waals surface area contributed by atoms with Crippen LogP contribution in [-0.4, -0.2) is 48.7 Å². The van der Waals surface area contributed by atoms with Crippen molar-refractivity contribution in [2.75, 3.05) is 13.2 Å². The van der Waals surface area contributed by atoms with Gasteiger partial charge in [0, 0.05) is 18.9 Å². The molecule has 3 heterocycles. The normalized spacial score (nSPS) is 38.6. The van der Waals surface area contributed by atoms with Crippen molar-refractivity contribution in [3.8, 4) is 0 Å². The monoisotopic (exact) mass is 310 g/mol. The van der Waals surface area contributed by atoms with E-state index in [-0.39, 0.29) is 18.6 Å². The first-order valence-corrected chi connectivity index (χ1v) is 8.47. The van der Waals surface area contributed by atoms with E-state index in [0.717, 1.165) is 32.5 Å². The second-order valence-corrected chi connectivity index (χ2v) is 6.53. The van der Waals surface area contributed by atoms with Gasteiger partial charge in [-0.25, -0.2) is 0 Å². The van der Waals surface area contributed by atoms with E-state index in [0.29, 0.717) is 30.5 Å². The predicted octanol–water partition coefficient (Wildman–Crippen LogP) is 2.40. The zero-order valence-corrected chi connectivity index (χ0v) is 13.1. The molecule has 124 valence electrons. The molecule has 0 aromatic rings. The maximum atomic E-state index is 10.5. The highest BCUT2D eigenvalue weighted by Crippen LogP contribution is 2.54. The Bertz CT molecular complexity index is 421. The first kappa shape index (κ1) is 16.0. The van der Waals surface area contributed by atoms with Crippen LogP contribution >= 0.6 is 0 Å². The Kier molecular flexibility index (Phi) is 5.16. The largest absolute Gasteiger partial charge is 0.481 e. The number of fused-ring (bicyclic) bond motifs is 5. The highest BCUT2D eigenvalue weighted by atomic mass is 16.7. The molecule has 0 saturated carbocycles. The van der Waals surface area contributed by atoms with Crippen molar-refractivity contribution in [2.24, 2.45) is 11.8 Å². The van der Waals surface area contributed by atoms with Gasteiger partial charge >= 0.3 is 5.97 Å². The molecular weight excluding hydrogens is 284 g/mol. The topological polar surface area (TPSA) is 68.3 Å². The number of rotatable bonds is 10. The summed E-state index contributed by atoms with van der Waals surface area (Å²) in [5.74, 6) is 0.185. The van der Waals surface area contributed by atoms with E-state index >= 15 is 0 Å². The Morgan fingerprint density at radius 1 is 1.14 bits per heavy atom. The van der Waals surface area contributed by atoms with Gasteiger partial charge in [0.15, 0.2) is 0 Å². The fourth-order valence-electron chi connectivity index (χ4n) is 3.81. The van der Waals surface area contributed by atoms with Crippen LogP contribution < -0.4 is 0 Å². The van der Waals surface area contributed by atoms with Crippen molar-refractivity contribution in [1.82, 2.24) is 0 Å². The van der Waals surface area contributed by atoms with E-state index in [1.165, 1.54) is 0 Å². The fraction of sp³-hybridized carbons (Fsp3) is 0.824. The minimum Gasteiger partial charge on any atom is -0.481 e. The molecule has 22 heavy (non-hydrogen) atoms. The summed E-state index contributed by atoms with van der Waals surface area (Å²) < 4.78 is 17.6. The van der Waals surface area contributed by atoms with E-state index in [9.17, 15) is 4.79 Å². The summed E-state index contributed by atoms with van der Waals surface area (Å²) in [6, 6.07) is 0. The van der Waals surface area contributed by atoms with Crippen molar-refractivity contribution >= 4 is 5.97 Å². The molecule has 0 aliphatic carbocycles. The second kappa shape index (κ2) is 7.11. The van der Waals surface area contributed by atoms with Crippen molar-refractivity contribution in [2.45, 2.75) is 63.4 Å². The Morgan fingerprint density at radius 3 is 2.59 bits per heavy atom. The maximum Gasteiger partial charge on any atom is 0.303 e. The number of unbranched alkanes of at least 4 members (excludes halogenated alkanes) is 1. The standard InChI is InChI=1S/C17H26O5/c1-2-9-20-10-12-11(7-5-3-4-6-8-13(18)19)14-16-17(22-16)15(12)21-14/h3,5,11-12,14-17H,2,4,6-10H2,1H3,(H,18,19)/t11-,12+,14+,15-,16-,17+/m0/s1. The Balaban J connectivity index is 1.45. The van der Waals surface area contributed by atoms with Gasteiger partial charge in [0.2, 0.25) is 0 Å². The summed E-state index contributed by atoms with van der Waals surface area (Å²) in [6.45, 7) is 3.69. The van der Waals surface area contributed by atoms with Crippen LogP contribution in [0.1, 0.15) is 39.0 Å². The van der Waals surface area contributed by atoms with Gasteiger partial charge in [0.05, 0.1) is 18.8 Å². The molecule has 2 bridgehead atoms. The van der Waals surface area contributed by atoms with Gasteiger partial charge < -0.3 is 19.3 Å². The smallest absolute Gasteiger partial charge is 0.303 e. The third-order valence-corrected chi connectivity index (χ3v) is 4.91. The Morgan fingerprint density at radius 2 is 1.86 bits per heavy atom. The van der Waals surface area contributed by atoms with E-state index in [1.807, 2.05) is 0 Å². The molecular formula is C17H26O5. The highest BCUT2D eigenvalue weighted by Gasteiger charge is 2.68. The van der Waals surface area contributed by atoms with Crippen LogP contribution in [0.2, 0.25) is 0 Å². The summed E-state index contributed by atoms with van der Waals surface area (Å²) >= 11 is 0. The molecule has 3 aliphatic rings. The van der Waals surface area contributed by atoms with Crippen LogP contribution in [0, 0.1) is 11.8 Å². The molecule has 0 radical (unpaired) electrons. The number of aliphatic carboxylic acids is 1. The molecule has 3 rings (SSSR count). The van der Waals surface area contributed by atoms with Gasteiger partial charge in [0.25, 0.3) is 0 Å². The lowest BCUT2D eigenvalue weighted by Crippen LogP contribution is -2.35. The molecule has 5 heteroatoms. The molecule has 0 unspecified atom stereocenters. The second-order valence-electron chi connectivity index (χ2n) is 6.53. The third kappa shape index (κ3) is 3.36. The van der Waals surface area contributed by atoms with Crippen LogP contribution in [0.15, 0.2) is 12.2 Å². The number of epoxide rings is 1. The van der Waals surface area contributed by atoms with Crippen molar-refractivity contribution in [3.63, 3.8) is 0 Å². The average Bonchev–Trinajstić information content (AvgIpc) is 3.12. The lowest BCUT2D eigenvalue weighted by Gasteiger charge is -2.24. The van der Waals surface area contributed by atoms with Gasteiger partial charge in [-0.05, 0) is 31.6 Å². The summed E-state index contributed by atoms with van der Waals surface area (Å²) in [4.78, 5) is 10.5.